The quantitative estimate of drug-likeness (QED) is 0.819. The Morgan fingerprint density at radius 2 is 2.06 bits per heavy atom. The van der Waals surface area contributed by atoms with Gasteiger partial charge in [0, 0.05) is 16.7 Å². The van der Waals surface area contributed by atoms with Crippen LogP contribution in [0, 0.1) is 5.92 Å². The van der Waals surface area contributed by atoms with Crippen molar-refractivity contribution >= 4 is 33.4 Å². The maximum atomic E-state index is 12.8. The molecule has 1 atom stereocenters. The summed E-state index contributed by atoms with van der Waals surface area (Å²) in [6.45, 7) is 2.54. The summed E-state index contributed by atoms with van der Waals surface area (Å²) in [6.07, 6.45) is -2.36. The number of benzene rings is 1. The van der Waals surface area contributed by atoms with Crippen molar-refractivity contribution in [2.45, 2.75) is 13.1 Å². The van der Waals surface area contributed by atoms with Crippen LogP contribution in [0.5, 0.6) is 0 Å². The van der Waals surface area contributed by atoms with Gasteiger partial charge in [0.1, 0.15) is 0 Å². The highest BCUT2D eigenvalue weighted by Crippen LogP contribution is 2.36. The maximum absolute atomic E-state index is 12.8. The lowest BCUT2D eigenvalue weighted by Gasteiger charge is -2.17. The second-order valence-electron chi connectivity index (χ2n) is 4.13. The fraction of sp³-hybridized carbons (Fsp3) is 0.500. The summed E-state index contributed by atoms with van der Waals surface area (Å²) in [5, 5.41) is 2.88. The minimum absolute atomic E-state index is 0.138. The molecule has 1 nitrogen and oxygen atoms in total. The van der Waals surface area contributed by atoms with Crippen molar-refractivity contribution < 1.29 is 13.2 Å². The molecule has 1 N–H and O–H groups in total. The largest absolute Gasteiger partial charge is 0.418 e. The molecule has 0 aliphatic heterocycles. The molecule has 0 spiro atoms. The Balaban J connectivity index is 2.82. The van der Waals surface area contributed by atoms with Crippen molar-refractivity contribution in [2.24, 2.45) is 5.92 Å². The van der Waals surface area contributed by atoms with Gasteiger partial charge in [-0.1, -0.05) is 22.9 Å². The van der Waals surface area contributed by atoms with E-state index in [9.17, 15) is 13.2 Å². The van der Waals surface area contributed by atoms with E-state index in [0.717, 1.165) is 11.8 Å². The highest BCUT2D eigenvalue weighted by atomic mass is 79.9. The lowest BCUT2D eigenvalue weighted by atomic mass is 10.1. The zero-order chi connectivity index (χ0) is 13.8. The number of hydrogen-bond acceptors (Lipinski definition) is 2. The number of hydrogen-bond donors (Lipinski definition) is 1. The molecule has 0 fully saturated rings. The minimum atomic E-state index is -4.34. The van der Waals surface area contributed by atoms with Crippen LogP contribution in [0.2, 0.25) is 0 Å². The second-order valence-corrected chi connectivity index (χ2v) is 5.96. The highest BCUT2D eigenvalue weighted by molar-refractivity contribution is 9.10. The van der Waals surface area contributed by atoms with Crippen molar-refractivity contribution in [1.82, 2.24) is 0 Å². The van der Waals surface area contributed by atoms with Gasteiger partial charge in [0.05, 0.1) is 5.56 Å². The molecule has 0 aliphatic rings. The molecule has 0 bridgehead atoms. The van der Waals surface area contributed by atoms with Crippen molar-refractivity contribution in [1.29, 1.82) is 0 Å². The maximum Gasteiger partial charge on any atom is 0.418 e. The van der Waals surface area contributed by atoms with Crippen molar-refractivity contribution in [2.75, 3.05) is 23.9 Å². The molecule has 1 rings (SSSR count). The normalized spacial score (nSPS) is 13.4. The van der Waals surface area contributed by atoms with E-state index in [1.54, 1.807) is 17.8 Å². The first kappa shape index (κ1) is 15.7. The van der Waals surface area contributed by atoms with Gasteiger partial charge >= 0.3 is 6.18 Å². The molecule has 1 unspecified atom stereocenters. The zero-order valence-corrected chi connectivity index (χ0v) is 12.5. The van der Waals surface area contributed by atoms with Crippen LogP contribution in [0.15, 0.2) is 22.7 Å². The Morgan fingerprint density at radius 1 is 1.39 bits per heavy atom. The van der Waals surface area contributed by atoms with Gasteiger partial charge in [0.2, 0.25) is 0 Å². The topological polar surface area (TPSA) is 12.0 Å². The van der Waals surface area contributed by atoms with E-state index >= 15 is 0 Å². The Morgan fingerprint density at radius 3 is 2.61 bits per heavy atom. The SMILES string of the molecule is CSCC(C)CNc1ccc(Br)cc1C(F)(F)F. The van der Waals surface area contributed by atoms with E-state index in [2.05, 4.69) is 21.2 Å². The number of nitrogens with one attached hydrogen (secondary N) is 1. The third-order valence-electron chi connectivity index (χ3n) is 2.38. The van der Waals surface area contributed by atoms with E-state index in [-0.39, 0.29) is 5.69 Å². The molecule has 0 saturated heterocycles. The van der Waals surface area contributed by atoms with Gasteiger partial charge in [-0.05, 0) is 36.1 Å². The molecule has 1 aromatic carbocycles. The minimum Gasteiger partial charge on any atom is -0.384 e. The lowest BCUT2D eigenvalue weighted by molar-refractivity contribution is -0.137. The van der Waals surface area contributed by atoms with Crippen LogP contribution < -0.4 is 5.32 Å². The molecule has 0 heterocycles. The molecule has 1 aromatic rings. The summed E-state index contributed by atoms with van der Waals surface area (Å²) in [7, 11) is 0. The first-order valence-corrected chi connectivity index (χ1v) is 7.63. The van der Waals surface area contributed by atoms with Crippen molar-refractivity contribution in [3.8, 4) is 0 Å². The second kappa shape index (κ2) is 6.70. The number of rotatable bonds is 5. The Bertz CT molecular complexity index is 395. The summed E-state index contributed by atoms with van der Waals surface area (Å²) in [6, 6.07) is 4.16. The van der Waals surface area contributed by atoms with Crippen LogP contribution in [-0.4, -0.2) is 18.6 Å². The summed E-state index contributed by atoms with van der Waals surface area (Å²) >= 11 is 4.75. The fourth-order valence-corrected chi connectivity index (χ4v) is 2.58. The Hall–Kier alpha value is -0.360. The van der Waals surface area contributed by atoms with Gasteiger partial charge in [-0.3, -0.25) is 0 Å². The monoisotopic (exact) mass is 341 g/mol. The van der Waals surface area contributed by atoms with Gasteiger partial charge in [-0.2, -0.15) is 24.9 Å². The van der Waals surface area contributed by atoms with Crippen LogP contribution >= 0.6 is 27.7 Å². The first-order valence-electron chi connectivity index (χ1n) is 5.44. The van der Waals surface area contributed by atoms with Gasteiger partial charge in [-0.15, -0.1) is 0 Å². The molecule has 0 amide bonds. The number of thioether (sulfide) groups is 1. The van der Waals surface area contributed by atoms with Crippen molar-refractivity contribution in [3.63, 3.8) is 0 Å². The van der Waals surface area contributed by atoms with E-state index in [1.165, 1.54) is 6.07 Å². The van der Waals surface area contributed by atoms with E-state index in [1.807, 2.05) is 13.2 Å². The molecule has 0 radical (unpaired) electrons. The van der Waals surface area contributed by atoms with Crippen LogP contribution in [0.3, 0.4) is 0 Å². The average molecular weight is 342 g/mol. The highest BCUT2D eigenvalue weighted by Gasteiger charge is 2.33. The summed E-state index contributed by atoms with van der Waals surface area (Å²) in [4.78, 5) is 0. The summed E-state index contributed by atoms with van der Waals surface area (Å²) < 4.78 is 38.9. The molecular weight excluding hydrogens is 327 g/mol. The number of anilines is 1. The number of halogens is 4. The summed E-state index contributed by atoms with van der Waals surface area (Å²) in [5.74, 6) is 1.25. The van der Waals surface area contributed by atoms with Crippen LogP contribution in [-0.2, 0) is 6.18 Å². The molecule has 6 heteroatoms. The third kappa shape index (κ3) is 4.72. The predicted octanol–water partition coefficient (Wildman–Crippen LogP) is 4.88. The van der Waals surface area contributed by atoms with Gasteiger partial charge in [-0.25, -0.2) is 0 Å². The molecular formula is C12H15BrF3NS. The smallest absolute Gasteiger partial charge is 0.384 e. The van der Waals surface area contributed by atoms with Gasteiger partial charge < -0.3 is 5.32 Å². The van der Waals surface area contributed by atoms with E-state index in [0.29, 0.717) is 16.9 Å². The lowest BCUT2D eigenvalue weighted by Crippen LogP contribution is -2.16. The molecule has 0 saturated carbocycles. The van der Waals surface area contributed by atoms with Gasteiger partial charge in [0.25, 0.3) is 0 Å². The van der Waals surface area contributed by atoms with E-state index in [4.69, 9.17) is 0 Å². The van der Waals surface area contributed by atoms with E-state index < -0.39 is 11.7 Å². The van der Waals surface area contributed by atoms with Crippen LogP contribution in [0.4, 0.5) is 18.9 Å². The third-order valence-corrected chi connectivity index (χ3v) is 3.77. The van der Waals surface area contributed by atoms with Crippen molar-refractivity contribution in [3.05, 3.63) is 28.2 Å². The Labute approximate surface area is 118 Å². The number of alkyl halides is 3. The van der Waals surface area contributed by atoms with Crippen LogP contribution in [0.25, 0.3) is 0 Å². The zero-order valence-electron chi connectivity index (χ0n) is 10.1. The fourth-order valence-electron chi connectivity index (χ4n) is 1.53. The average Bonchev–Trinajstić information content (AvgIpc) is 2.26. The van der Waals surface area contributed by atoms with Crippen LogP contribution in [0.1, 0.15) is 12.5 Å². The molecule has 0 aliphatic carbocycles. The predicted molar refractivity (Wildman–Crippen MR) is 75.2 cm³/mol. The summed E-state index contributed by atoms with van der Waals surface area (Å²) in [5.41, 5.74) is -0.494. The molecule has 18 heavy (non-hydrogen) atoms. The Kier molecular flexibility index (Phi) is 5.85. The molecule has 0 aromatic heterocycles. The van der Waals surface area contributed by atoms with Gasteiger partial charge in [0.15, 0.2) is 0 Å². The standard InChI is InChI=1S/C12H15BrF3NS/c1-8(7-18-2)6-17-11-4-3-9(13)5-10(11)12(14,15)16/h3-5,8,17H,6-7H2,1-2H3. The first-order chi connectivity index (χ1) is 8.34. The molecule has 102 valence electrons.